The van der Waals surface area contributed by atoms with Crippen molar-refractivity contribution in [2.45, 2.75) is 39.2 Å². The number of thiophene rings is 1. The van der Waals surface area contributed by atoms with E-state index >= 15 is 0 Å². The summed E-state index contributed by atoms with van der Waals surface area (Å²) in [6, 6.07) is -0.101. The normalized spacial score (nSPS) is 19.4. The summed E-state index contributed by atoms with van der Waals surface area (Å²) in [5.41, 5.74) is 2.12. The third-order valence-electron chi connectivity index (χ3n) is 3.92. The first-order valence-corrected chi connectivity index (χ1v) is 7.92. The number of H-pyrrole nitrogens is 1. The Labute approximate surface area is 122 Å². The van der Waals surface area contributed by atoms with Gasteiger partial charge in [0.15, 0.2) is 0 Å². The molecule has 2 unspecified atom stereocenters. The van der Waals surface area contributed by atoms with Crippen molar-refractivity contribution in [1.29, 1.82) is 0 Å². The van der Waals surface area contributed by atoms with E-state index in [1.54, 1.807) is 23.7 Å². The second kappa shape index (κ2) is 5.40. The van der Waals surface area contributed by atoms with Crippen LogP contribution in [0.15, 0.2) is 17.8 Å². The Hall–Kier alpha value is -1.62. The summed E-state index contributed by atoms with van der Waals surface area (Å²) in [4.78, 5) is 21.0. The van der Waals surface area contributed by atoms with E-state index in [0.717, 1.165) is 30.1 Å². The van der Waals surface area contributed by atoms with Crippen LogP contribution in [-0.4, -0.2) is 15.9 Å². The first kappa shape index (κ1) is 13.4. The van der Waals surface area contributed by atoms with Gasteiger partial charge < -0.3 is 10.3 Å². The molecule has 3 rings (SSSR count). The second-order valence-corrected chi connectivity index (χ2v) is 6.53. The van der Waals surface area contributed by atoms with Crippen molar-refractivity contribution in [2.24, 2.45) is 5.92 Å². The van der Waals surface area contributed by atoms with Gasteiger partial charge in [-0.25, -0.2) is 4.98 Å². The van der Waals surface area contributed by atoms with Crippen molar-refractivity contribution >= 4 is 17.2 Å². The molecule has 0 aliphatic heterocycles. The lowest BCUT2D eigenvalue weighted by Gasteiger charge is -2.19. The molecule has 0 saturated heterocycles. The van der Waals surface area contributed by atoms with Crippen LogP contribution in [0.5, 0.6) is 0 Å². The number of amides is 1. The molecule has 1 aliphatic rings. The summed E-state index contributed by atoms with van der Waals surface area (Å²) < 4.78 is 0. The molecule has 2 atom stereocenters. The molecule has 0 radical (unpaired) electrons. The minimum Gasteiger partial charge on any atom is -0.347 e. The topological polar surface area (TPSA) is 57.8 Å². The van der Waals surface area contributed by atoms with Crippen LogP contribution in [0.4, 0.5) is 0 Å². The summed E-state index contributed by atoms with van der Waals surface area (Å²) in [6.07, 6.45) is 6.79. The van der Waals surface area contributed by atoms with Gasteiger partial charge >= 0.3 is 0 Å². The number of imidazole rings is 1. The highest BCUT2D eigenvalue weighted by Gasteiger charge is 2.24. The fraction of sp³-hybridized carbons (Fsp3) is 0.467. The van der Waals surface area contributed by atoms with Crippen LogP contribution < -0.4 is 5.32 Å². The molecule has 2 aromatic heterocycles. The lowest BCUT2D eigenvalue weighted by Crippen LogP contribution is -2.28. The number of carbonyl (C=O) groups excluding carboxylic acids is 1. The van der Waals surface area contributed by atoms with Gasteiger partial charge in [-0.2, -0.15) is 0 Å². The van der Waals surface area contributed by atoms with E-state index in [0.29, 0.717) is 0 Å². The highest BCUT2D eigenvalue weighted by Crippen LogP contribution is 2.32. The molecule has 0 saturated carbocycles. The largest absolute Gasteiger partial charge is 0.347 e. The SMILES string of the molecule is CC1CCc2c(C(=O)NC(C)c3ncc[nH]3)csc2C1. The maximum absolute atomic E-state index is 12.4. The molecule has 4 nitrogen and oxygen atoms in total. The molecule has 20 heavy (non-hydrogen) atoms. The summed E-state index contributed by atoms with van der Waals surface area (Å²) in [5.74, 6) is 1.54. The van der Waals surface area contributed by atoms with Gasteiger partial charge in [0.05, 0.1) is 11.6 Å². The summed E-state index contributed by atoms with van der Waals surface area (Å²) >= 11 is 1.72. The van der Waals surface area contributed by atoms with Crippen molar-refractivity contribution in [3.63, 3.8) is 0 Å². The third-order valence-corrected chi connectivity index (χ3v) is 4.97. The number of hydrogen-bond acceptors (Lipinski definition) is 3. The molecule has 0 aromatic carbocycles. The molecule has 1 aliphatic carbocycles. The fourth-order valence-electron chi connectivity index (χ4n) is 2.72. The number of fused-ring (bicyclic) bond motifs is 1. The van der Waals surface area contributed by atoms with Crippen LogP contribution in [0.3, 0.4) is 0 Å². The predicted molar refractivity (Wildman–Crippen MR) is 80.0 cm³/mol. The number of nitrogens with one attached hydrogen (secondary N) is 2. The Balaban J connectivity index is 1.75. The molecule has 0 fully saturated rings. The monoisotopic (exact) mass is 289 g/mol. The zero-order chi connectivity index (χ0) is 14.1. The molecular weight excluding hydrogens is 270 g/mol. The van der Waals surface area contributed by atoms with Crippen LogP contribution in [0, 0.1) is 5.92 Å². The summed E-state index contributed by atoms with van der Waals surface area (Å²) in [7, 11) is 0. The Morgan fingerprint density at radius 1 is 1.60 bits per heavy atom. The number of aromatic amines is 1. The van der Waals surface area contributed by atoms with Gasteiger partial charge in [-0.05, 0) is 37.7 Å². The minimum atomic E-state index is -0.101. The number of rotatable bonds is 3. The summed E-state index contributed by atoms with van der Waals surface area (Å²) in [5, 5.41) is 5.03. The molecule has 106 valence electrons. The highest BCUT2D eigenvalue weighted by molar-refractivity contribution is 7.10. The maximum atomic E-state index is 12.4. The van der Waals surface area contributed by atoms with Gasteiger partial charge in [0.1, 0.15) is 5.82 Å². The van der Waals surface area contributed by atoms with Crippen LogP contribution in [0.1, 0.15) is 52.9 Å². The van der Waals surface area contributed by atoms with Crippen molar-refractivity contribution < 1.29 is 4.79 Å². The minimum absolute atomic E-state index is 0.0148. The Bertz CT molecular complexity index is 603. The molecule has 5 heteroatoms. The van der Waals surface area contributed by atoms with Gasteiger partial charge in [-0.3, -0.25) is 4.79 Å². The number of aromatic nitrogens is 2. The molecule has 2 N–H and O–H groups in total. The van der Waals surface area contributed by atoms with E-state index in [2.05, 4.69) is 22.2 Å². The van der Waals surface area contributed by atoms with E-state index in [4.69, 9.17) is 0 Å². The zero-order valence-electron chi connectivity index (χ0n) is 11.8. The second-order valence-electron chi connectivity index (χ2n) is 5.57. The van der Waals surface area contributed by atoms with E-state index in [-0.39, 0.29) is 11.9 Å². The van der Waals surface area contributed by atoms with E-state index in [9.17, 15) is 4.79 Å². The van der Waals surface area contributed by atoms with E-state index in [1.165, 1.54) is 16.9 Å². The average Bonchev–Trinajstić information content (AvgIpc) is 3.07. The molecule has 2 aromatic rings. The van der Waals surface area contributed by atoms with Crippen LogP contribution >= 0.6 is 11.3 Å². The number of carbonyl (C=O) groups is 1. The first-order valence-electron chi connectivity index (χ1n) is 7.04. The smallest absolute Gasteiger partial charge is 0.252 e. The number of nitrogens with zero attached hydrogens (tertiary/aromatic N) is 1. The van der Waals surface area contributed by atoms with Crippen LogP contribution in [-0.2, 0) is 12.8 Å². The van der Waals surface area contributed by atoms with Gasteiger partial charge in [-0.15, -0.1) is 11.3 Å². The zero-order valence-corrected chi connectivity index (χ0v) is 12.6. The highest BCUT2D eigenvalue weighted by atomic mass is 32.1. The molecule has 2 heterocycles. The van der Waals surface area contributed by atoms with Crippen molar-refractivity contribution in [2.75, 3.05) is 0 Å². The van der Waals surface area contributed by atoms with E-state index in [1.807, 2.05) is 12.3 Å². The van der Waals surface area contributed by atoms with Crippen molar-refractivity contribution in [3.05, 3.63) is 39.6 Å². The quantitative estimate of drug-likeness (QED) is 0.912. The molecular formula is C15H19N3OS. The Morgan fingerprint density at radius 2 is 2.45 bits per heavy atom. The lowest BCUT2D eigenvalue weighted by atomic mass is 9.88. The third kappa shape index (κ3) is 2.50. The van der Waals surface area contributed by atoms with Gasteiger partial charge in [0.25, 0.3) is 5.91 Å². The van der Waals surface area contributed by atoms with Crippen molar-refractivity contribution in [1.82, 2.24) is 15.3 Å². The molecule has 0 spiro atoms. The first-order chi connectivity index (χ1) is 9.65. The number of hydrogen-bond donors (Lipinski definition) is 2. The molecule has 1 amide bonds. The van der Waals surface area contributed by atoms with Gasteiger partial charge in [0.2, 0.25) is 0 Å². The average molecular weight is 289 g/mol. The molecule has 0 bridgehead atoms. The standard InChI is InChI=1S/C15H19N3OS/c1-9-3-4-11-12(8-20-13(11)7-9)15(19)18-10(2)14-16-5-6-17-14/h5-6,8-10H,3-4,7H2,1-2H3,(H,16,17)(H,18,19). The lowest BCUT2D eigenvalue weighted by molar-refractivity contribution is 0.0937. The fourth-order valence-corrected chi connectivity index (χ4v) is 3.97. The van der Waals surface area contributed by atoms with Crippen LogP contribution in [0.25, 0.3) is 0 Å². The Morgan fingerprint density at radius 3 is 3.20 bits per heavy atom. The predicted octanol–water partition coefficient (Wildman–Crippen LogP) is 3.09. The van der Waals surface area contributed by atoms with Gasteiger partial charge in [-0.1, -0.05) is 6.92 Å². The maximum Gasteiger partial charge on any atom is 0.252 e. The van der Waals surface area contributed by atoms with E-state index < -0.39 is 0 Å². The van der Waals surface area contributed by atoms with Gasteiger partial charge in [0, 0.05) is 22.7 Å². The van der Waals surface area contributed by atoms with Crippen LogP contribution in [0.2, 0.25) is 0 Å². The van der Waals surface area contributed by atoms with Crippen molar-refractivity contribution in [3.8, 4) is 0 Å². The Kier molecular flexibility index (Phi) is 3.61. The summed E-state index contributed by atoms with van der Waals surface area (Å²) in [6.45, 7) is 4.22.